The Labute approximate surface area is 119 Å². The van der Waals surface area contributed by atoms with Gasteiger partial charge < -0.3 is 11.1 Å². The normalized spacial score (nSPS) is 10.8. The molecule has 0 fully saturated rings. The van der Waals surface area contributed by atoms with Crippen molar-refractivity contribution >= 4 is 17.3 Å². The molecule has 0 unspecified atom stereocenters. The maximum absolute atomic E-state index is 5.97. The van der Waals surface area contributed by atoms with Crippen molar-refractivity contribution in [2.24, 2.45) is 7.05 Å². The van der Waals surface area contributed by atoms with Crippen molar-refractivity contribution in [2.75, 3.05) is 11.1 Å². The van der Waals surface area contributed by atoms with E-state index in [1.165, 1.54) is 0 Å². The third-order valence-corrected chi connectivity index (χ3v) is 3.20. The number of aromatic nitrogens is 4. The van der Waals surface area contributed by atoms with E-state index in [2.05, 4.69) is 34.2 Å². The monoisotopic (exact) mass is 274 g/mol. The first kappa shape index (κ1) is 14.3. The number of nitrogens with zero attached hydrogens (tertiary/aromatic N) is 4. The highest BCUT2D eigenvalue weighted by Gasteiger charge is 2.12. The molecule has 2 heterocycles. The molecule has 20 heavy (non-hydrogen) atoms. The minimum Gasteiger partial charge on any atom is -0.383 e. The summed E-state index contributed by atoms with van der Waals surface area (Å²) in [6, 6.07) is 0. The number of hydrogen-bond acceptors (Lipinski definition) is 5. The number of nitrogens with one attached hydrogen (secondary N) is 1. The first-order chi connectivity index (χ1) is 9.55. The maximum Gasteiger partial charge on any atom is 0.139 e. The van der Waals surface area contributed by atoms with Crippen molar-refractivity contribution in [1.29, 1.82) is 0 Å². The summed E-state index contributed by atoms with van der Waals surface area (Å²) in [7, 11) is 1.91. The molecule has 2 rings (SSSR count). The average molecular weight is 274 g/mol. The molecule has 0 saturated heterocycles. The van der Waals surface area contributed by atoms with Gasteiger partial charge in [-0.15, -0.1) is 0 Å². The van der Waals surface area contributed by atoms with Gasteiger partial charge in [0.05, 0.1) is 11.4 Å². The molecule has 2 aromatic heterocycles. The third-order valence-electron chi connectivity index (χ3n) is 3.20. The Kier molecular flexibility index (Phi) is 4.22. The maximum atomic E-state index is 5.97. The largest absolute Gasteiger partial charge is 0.383 e. The Morgan fingerprint density at radius 2 is 2.05 bits per heavy atom. The minimum absolute atomic E-state index is 0.535. The van der Waals surface area contributed by atoms with Gasteiger partial charge in [-0.3, -0.25) is 4.68 Å². The lowest BCUT2D eigenvalue weighted by atomic mass is 10.2. The summed E-state index contributed by atoms with van der Waals surface area (Å²) < 4.78 is 1.80. The van der Waals surface area contributed by atoms with E-state index in [-0.39, 0.29) is 0 Å². The highest BCUT2D eigenvalue weighted by molar-refractivity contribution is 5.64. The second kappa shape index (κ2) is 5.90. The summed E-state index contributed by atoms with van der Waals surface area (Å²) >= 11 is 0. The van der Waals surface area contributed by atoms with Crippen LogP contribution in [0.2, 0.25) is 0 Å². The van der Waals surface area contributed by atoms with Gasteiger partial charge in [-0.25, -0.2) is 9.97 Å². The lowest BCUT2D eigenvalue weighted by Gasteiger charge is -2.11. The van der Waals surface area contributed by atoms with Crippen LogP contribution in [0.15, 0.2) is 6.20 Å². The van der Waals surface area contributed by atoms with Crippen LogP contribution in [-0.4, -0.2) is 19.7 Å². The Morgan fingerprint density at radius 1 is 1.30 bits per heavy atom. The second-order valence-corrected chi connectivity index (χ2v) is 4.89. The van der Waals surface area contributed by atoms with Crippen molar-refractivity contribution in [3.05, 3.63) is 23.3 Å². The molecule has 6 heteroatoms. The molecule has 3 N–H and O–H groups in total. The molecule has 0 aliphatic rings. The van der Waals surface area contributed by atoms with Gasteiger partial charge in [-0.1, -0.05) is 13.8 Å². The first-order valence-electron chi connectivity index (χ1n) is 6.97. The van der Waals surface area contributed by atoms with E-state index >= 15 is 0 Å². The number of rotatable bonds is 5. The molecular weight excluding hydrogens is 252 g/mol. The zero-order valence-corrected chi connectivity index (χ0v) is 12.6. The fraction of sp³-hybridized carbons (Fsp3) is 0.500. The lowest BCUT2D eigenvalue weighted by molar-refractivity contribution is 0.746. The molecule has 0 aliphatic carbocycles. The summed E-state index contributed by atoms with van der Waals surface area (Å²) in [5, 5.41) is 7.75. The molecule has 0 aliphatic heterocycles. The Hall–Kier alpha value is -2.11. The van der Waals surface area contributed by atoms with E-state index in [9.17, 15) is 0 Å². The smallest absolute Gasteiger partial charge is 0.139 e. The fourth-order valence-corrected chi connectivity index (χ4v) is 2.07. The van der Waals surface area contributed by atoms with Gasteiger partial charge in [-0.05, 0) is 19.8 Å². The first-order valence-corrected chi connectivity index (χ1v) is 6.97. The highest BCUT2D eigenvalue weighted by atomic mass is 15.3. The van der Waals surface area contributed by atoms with Crippen molar-refractivity contribution in [2.45, 2.75) is 40.0 Å². The number of anilines is 3. The quantitative estimate of drug-likeness (QED) is 0.874. The molecule has 0 saturated carbocycles. The van der Waals surface area contributed by atoms with Crippen LogP contribution in [0, 0.1) is 6.92 Å². The van der Waals surface area contributed by atoms with Gasteiger partial charge in [0, 0.05) is 25.2 Å². The van der Waals surface area contributed by atoms with Crippen LogP contribution in [0.3, 0.4) is 0 Å². The van der Waals surface area contributed by atoms with Crippen LogP contribution in [0.25, 0.3) is 0 Å². The predicted molar refractivity (Wildman–Crippen MR) is 81.0 cm³/mol. The zero-order valence-electron chi connectivity index (χ0n) is 12.6. The summed E-state index contributed by atoms with van der Waals surface area (Å²) in [5.74, 6) is 2.08. The van der Waals surface area contributed by atoms with E-state index in [1.807, 2.05) is 20.2 Å². The molecule has 108 valence electrons. The van der Waals surface area contributed by atoms with E-state index in [0.717, 1.165) is 47.8 Å². The SMILES string of the molecule is CCCc1nc(N)c(C)c(Nc2cn(C)nc2CC)n1. The van der Waals surface area contributed by atoms with Gasteiger partial charge in [-0.2, -0.15) is 5.10 Å². The van der Waals surface area contributed by atoms with Crippen LogP contribution in [0.4, 0.5) is 17.3 Å². The van der Waals surface area contributed by atoms with Crippen LogP contribution in [-0.2, 0) is 19.9 Å². The van der Waals surface area contributed by atoms with Crippen LogP contribution >= 0.6 is 0 Å². The molecule has 0 bridgehead atoms. The molecular formula is C14H22N6. The van der Waals surface area contributed by atoms with Gasteiger partial charge in [0.1, 0.15) is 17.5 Å². The summed E-state index contributed by atoms with van der Waals surface area (Å²) in [5.41, 5.74) is 8.83. The van der Waals surface area contributed by atoms with Crippen molar-refractivity contribution in [1.82, 2.24) is 19.7 Å². The Morgan fingerprint density at radius 3 is 2.70 bits per heavy atom. The topological polar surface area (TPSA) is 81.6 Å². The third kappa shape index (κ3) is 2.89. The molecule has 0 radical (unpaired) electrons. The van der Waals surface area contributed by atoms with E-state index in [0.29, 0.717) is 5.82 Å². The Bertz CT molecular complexity index is 602. The second-order valence-electron chi connectivity index (χ2n) is 4.89. The number of nitrogens with two attached hydrogens (primary N) is 1. The standard InChI is InChI=1S/C14H22N6/c1-5-7-12-17-13(15)9(3)14(18-12)16-11-8-20(4)19-10(11)6-2/h8H,5-7H2,1-4H3,(H3,15,16,17,18). The molecule has 0 atom stereocenters. The highest BCUT2D eigenvalue weighted by Crippen LogP contribution is 2.24. The predicted octanol–water partition coefficient (Wildman–Crippen LogP) is 2.36. The molecule has 6 nitrogen and oxygen atoms in total. The average Bonchev–Trinajstić information content (AvgIpc) is 2.76. The fourth-order valence-electron chi connectivity index (χ4n) is 2.07. The van der Waals surface area contributed by atoms with E-state index in [4.69, 9.17) is 5.73 Å². The number of hydrogen-bond donors (Lipinski definition) is 2. The van der Waals surface area contributed by atoms with E-state index < -0.39 is 0 Å². The van der Waals surface area contributed by atoms with Crippen LogP contribution < -0.4 is 11.1 Å². The minimum atomic E-state index is 0.535. The van der Waals surface area contributed by atoms with Gasteiger partial charge in [0.2, 0.25) is 0 Å². The lowest BCUT2D eigenvalue weighted by Crippen LogP contribution is -2.07. The van der Waals surface area contributed by atoms with E-state index in [1.54, 1.807) is 4.68 Å². The van der Waals surface area contributed by atoms with Gasteiger partial charge in [0.25, 0.3) is 0 Å². The van der Waals surface area contributed by atoms with Crippen molar-refractivity contribution < 1.29 is 0 Å². The summed E-state index contributed by atoms with van der Waals surface area (Å²) in [4.78, 5) is 8.88. The summed E-state index contributed by atoms with van der Waals surface area (Å²) in [6.45, 7) is 6.11. The molecule has 2 aromatic rings. The zero-order chi connectivity index (χ0) is 14.7. The summed E-state index contributed by atoms with van der Waals surface area (Å²) in [6.07, 6.45) is 4.64. The molecule has 0 amide bonds. The molecule has 0 aromatic carbocycles. The van der Waals surface area contributed by atoms with Crippen LogP contribution in [0.1, 0.15) is 37.4 Å². The Balaban J connectivity index is 2.36. The molecule has 0 spiro atoms. The number of nitrogen functional groups attached to an aromatic ring is 1. The van der Waals surface area contributed by atoms with Gasteiger partial charge in [0.15, 0.2) is 0 Å². The van der Waals surface area contributed by atoms with Crippen LogP contribution in [0.5, 0.6) is 0 Å². The van der Waals surface area contributed by atoms with Crippen molar-refractivity contribution in [3.63, 3.8) is 0 Å². The van der Waals surface area contributed by atoms with Gasteiger partial charge >= 0.3 is 0 Å². The van der Waals surface area contributed by atoms with Crippen molar-refractivity contribution in [3.8, 4) is 0 Å². The number of aryl methyl sites for hydroxylation is 3.